The average Bonchev–Trinajstić information content (AvgIpc) is 3.16. The van der Waals surface area contributed by atoms with Crippen LogP contribution in [0.15, 0.2) is 47.0 Å². The maximum atomic E-state index is 13.8. The zero-order valence-corrected chi connectivity index (χ0v) is 15.6. The van der Waals surface area contributed by atoms with E-state index >= 15 is 0 Å². The molecule has 1 N–H and O–H groups in total. The fourth-order valence-electron chi connectivity index (χ4n) is 2.66. The molecule has 7 nitrogen and oxygen atoms in total. The Hall–Kier alpha value is -3.42. The maximum absolute atomic E-state index is 13.8. The Labute approximate surface area is 161 Å². The summed E-state index contributed by atoms with van der Waals surface area (Å²) in [4.78, 5) is 16.3. The van der Waals surface area contributed by atoms with E-state index in [2.05, 4.69) is 15.5 Å². The molecule has 8 heteroatoms. The van der Waals surface area contributed by atoms with Crippen LogP contribution in [-0.4, -0.2) is 36.8 Å². The summed E-state index contributed by atoms with van der Waals surface area (Å²) < 4.78 is 29.3. The third-order valence-corrected chi connectivity index (χ3v) is 4.06. The summed E-state index contributed by atoms with van der Waals surface area (Å²) in [5.74, 6) is 1.11. The van der Waals surface area contributed by atoms with E-state index in [1.54, 1.807) is 50.6 Å². The van der Waals surface area contributed by atoms with E-state index in [4.69, 9.17) is 14.0 Å². The molecule has 0 saturated carbocycles. The van der Waals surface area contributed by atoms with Crippen molar-refractivity contribution in [2.24, 2.45) is 0 Å². The fourth-order valence-corrected chi connectivity index (χ4v) is 2.66. The van der Waals surface area contributed by atoms with Gasteiger partial charge in [0.15, 0.2) is 11.5 Å². The molecule has 0 unspecified atom stereocenters. The molecule has 0 aliphatic heterocycles. The van der Waals surface area contributed by atoms with Crippen molar-refractivity contribution in [3.8, 4) is 22.9 Å². The number of methoxy groups -OCH3 is 2. The zero-order chi connectivity index (χ0) is 19.9. The first-order chi connectivity index (χ1) is 13.6. The van der Waals surface area contributed by atoms with Crippen molar-refractivity contribution in [2.45, 2.75) is 12.8 Å². The van der Waals surface area contributed by atoms with Crippen LogP contribution < -0.4 is 14.8 Å². The van der Waals surface area contributed by atoms with Gasteiger partial charge in [0.2, 0.25) is 17.6 Å². The number of amides is 1. The van der Waals surface area contributed by atoms with E-state index in [-0.39, 0.29) is 23.7 Å². The van der Waals surface area contributed by atoms with Crippen LogP contribution in [0.25, 0.3) is 11.4 Å². The molecule has 1 amide bonds. The summed E-state index contributed by atoms with van der Waals surface area (Å²) >= 11 is 0. The smallest absolute Gasteiger partial charge is 0.228 e. The molecule has 146 valence electrons. The third-order valence-electron chi connectivity index (χ3n) is 4.06. The van der Waals surface area contributed by atoms with Crippen molar-refractivity contribution in [2.75, 3.05) is 20.8 Å². The van der Waals surface area contributed by atoms with Crippen molar-refractivity contribution in [3.63, 3.8) is 0 Å². The van der Waals surface area contributed by atoms with Gasteiger partial charge in [0.1, 0.15) is 5.82 Å². The molecule has 0 saturated heterocycles. The molecule has 2 aromatic carbocycles. The van der Waals surface area contributed by atoms with Crippen molar-refractivity contribution in [3.05, 3.63) is 59.7 Å². The lowest BCUT2D eigenvalue weighted by Gasteiger charge is -2.09. The standard InChI is InChI=1S/C20H20FN3O4/c1-26-16-8-7-13(11-17(16)27-2)12-18(25)22-10-9-19-23-20(24-28-19)14-5-3-4-6-15(14)21/h3-8,11H,9-10,12H2,1-2H3,(H,22,25). The highest BCUT2D eigenvalue weighted by atomic mass is 19.1. The van der Waals surface area contributed by atoms with Crippen LogP contribution in [0.2, 0.25) is 0 Å². The van der Waals surface area contributed by atoms with Crippen LogP contribution in [0.4, 0.5) is 4.39 Å². The van der Waals surface area contributed by atoms with Gasteiger partial charge in [0.25, 0.3) is 0 Å². The maximum Gasteiger partial charge on any atom is 0.228 e. The highest BCUT2D eigenvalue weighted by Crippen LogP contribution is 2.27. The van der Waals surface area contributed by atoms with Gasteiger partial charge < -0.3 is 19.3 Å². The van der Waals surface area contributed by atoms with Crippen LogP contribution in [0.5, 0.6) is 11.5 Å². The lowest BCUT2D eigenvalue weighted by atomic mass is 10.1. The van der Waals surface area contributed by atoms with Gasteiger partial charge in [0.05, 0.1) is 26.2 Å². The average molecular weight is 385 g/mol. The highest BCUT2D eigenvalue weighted by Gasteiger charge is 2.13. The summed E-state index contributed by atoms with van der Waals surface area (Å²) in [5.41, 5.74) is 1.07. The van der Waals surface area contributed by atoms with Crippen LogP contribution in [0, 0.1) is 5.82 Å². The number of aromatic nitrogens is 2. The van der Waals surface area contributed by atoms with Gasteiger partial charge >= 0.3 is 0 Å². The normalized spacial score (nSPS) is 10.5. The number of ether oxygens (including phenoxy) is 2. The Morgan fingerprint density at radius 2 is 1.93 bits per heavy atom. The Morgan fingerprint density at radius 1 is 1.14 bits per heavy atom. The van der Waals surface area contributed by atoms with Gasteiger partial charge in [-0.2, -0.15) is 4.98 Å². The van der Waals surface area contributed by atoms with Crippen LogP contribution >= 0.6 is 0 Å². The quantitative estimate of drug-likeness (QED) is 0.642. The number of carbonyl (C=O) groups excluding carboxylic acids is 1. The van der Waals surface area contributed by atoms with Gasteiger partial charge in [-0.05, 0) is 29.8 Å². The van der Waals surface area contributed by atoms with Gasteiger partial charge in [-0.1, -0.05) is 23.4 Å². The molecule has 0 fully saturated rings. The second-order valence-corrected chi connectivity index (χ2v) is 5.96. The Kier molecular flexibility index (Phi) is 6.21. The third kappa shape index (κ3) is 4.64. The van der Waals surface area contributed by atoms with E-state index in [0.29, 0.717) is 30.4 Å². The molecule has 28 heavy (non-hydrogen) atoms. The lowest BCUT2D eigenvalue weighted by Crippen LogP contribution is -2.27. The zero-order valence-electron chi connectivity index (χ0n) is 15.6. The highest BCUT2D eigenvalue weighted by molar-refractivity contribution is 5.78. The van der Waals surface area contributed by atoms with Crippen LogP contribution in [-0.2, 0) is 17.6 Å². The summed E-state index contributed by atoms with van der Waals surface area (Å²) in [5, 5.41) is 6.58. The molecule has 0 aliphatic carbocycles. The SMILES string of the molecule is COc1ccc(CC(=O)NCCc2nc(-c3ccccc3F)no2)cc1OC. The summed E-state index contributed by atoms with van der Waals surface area (Å²) in [6, 6.07) is 11.5. The molecule has 0 aliphatic rings. The van der Waals surface area contributed by atoms with E-state index in [9.17, 15) is 9.18 Å². The van der Waals surface area contributed by atoms with Crippen LogP contribution in [0.1, 0.15) is 11.5 Å². The minimum absolute atomic E-state index is 0.152. The first-order valence-corrected chi connectivity index (χ1v) is 8.65. The van der Waals surface area contributed by atoms with Crippen molar-refractivity contribution in [1.29, 1.82) is 0 Å². The largest absolute Gasteiger partial charge is 0.493 e. The topological polar surface area (TPSA) is 86.5 Å². The first-order valence-electron chi connectivity index (χ1n) is 8.65. The molecule has 1 aromatic heterocycles. The summed E-state index contributed by atoms with van der Waals surface area (Å²) in [6.45, 7) is 0.324. The molecule has 0 bridgehead atoms. The predicted octanol–water partition coefficient (Wildman–Crippen LogP) is 2.79. The number of benzene rings is 2. The number of halogens is 1. The van der Waals surface area contributed by atoms with E-state index < -0.39 is 5.82 Å². The molecule has 3 aromatic rings. The van der Waals surface area contributed by atoms with E-state index in [1.807, 2.05) is 0 Å². The van der Waals surface area contributed by atoms with E-state index in [1.165, 1.54) is 6.07 Å². The molecule has 0 spiro atoms. The molecular formula is C20H20FN3O4. The summed E-state index contributed by atoms with van der Waals surface area (Å²) in [6.07, 6.45) is 0.545. The van der Waals surface area contributed by atoms with Crippen molar-refractivity contribution in [1.82, 2.24) is 15.5 Å². The number of carbonyl (C=O) groups is 1. The molecular weight excluding hydrogens is 365 g/mol. The van der Waals surface area contributed by atoms with Crippen molar-refractivity contribution >= 4 is 5.91 Å². The van der Waals surface area contributed by atoms with Crippen molar-refractivity contribution < 1.29 is 23.2 Å². The molecule has 3 rings (SSSR count). The number of rotatable bonds is 8. The second kappa shape index (κ2) is 8.98. The minimum Gasteiger partial charge on any atom is -0.493 e. The van der Waals surface area contributed by atoms with E-state index in [0.717, 1.165) is 5.56 Å². The molecule has 1 heterocycles. The predicted molar refractivity (Wildman–Crippen MR) is 99.7 cm³/mol. The van der Waals surface area contributed by atoms with Gasteiger partial charge in [-0.15, -0.1) is 0 Å². The Bertz CT molecular complexity index is 958. The fraction of sp³-hybridized carbons (Fsp3) is 0.250. The molecule has 0 atom stereocenters. The molecule has 0 radical (unpaired) electrons. The van der Waals surface area contributed by atoms with Gasteiger partial charge in [-0.25, -0.2) is 4.39 Å². The monoisotopic (exact) mass is 385 g/mol. The number of nitrogens with zero attached hydrogens (tertiary/aromatic N) is 2. The Morgan fingerprint density at radius 3 is 2.68 bits per heavy atom. The first kappa shape index (κ1) is 19.3. The van der Waals surface area contributed by atoms with Gasteiger partial charge in [0, 0.05) is 13.0 Å². The summed E-state index contributed by atoms with van der Waals surface area (Å²) in [7, 11) is 3.10. The number of nitrogens with one attached hydrogen (secondary N) is 1. The number of hydrogen-bond donors (Lipinski definition) is 1. The lowest BCUT2D eigenvalue weighted by molar-refractivity contribution is -0.120. The number of hydrogen-bond acceptors (Lipinski definition) is 6. The Balaban J connectivity index is 1.52. The van der Waals surface area contributed by atoms with Crippen LogP contribution in [0.3, 0.4) is 0 Å². The minimum atomic E-state index is -0.418. The second-order valence-electron chi connectivity index (χ2n) is 5.96. The van der Waals surface area contributed by atoms with Gasteiger partial charge in [-0.3, -0.25) is 4.79 Å².